The van der Waals surface area contributed by atoms with E-state index in [1.54, 1.807) is 6.07 Å². The third-order valence-corrected chi connectivity index (χ3v) is 4.58. The Bertz CT molecular complexity index is 782. The van der Waals surface area contributed by atoms with Gasteiger partial charge in [-0.3, -0.25) is 4.31 Å². The van der Waals surface area contributed by atoms with E-state index >= 15 is 0 Å². The summed E-state index contributed by atoms with van der Waals surface area (Å²) in [6.07, 6.45) is 0. The molecule has 0 radical (unpaired) electrons. The van der Waals surface area contributed by atoms with Gasteiger partial charge in [-0.15, -0.1) is 0 Å². The van der Waals surface area contributed by atoms with Gasteiger partial charge in [-0.25, -0.2) is 12.8 Å². The fraction of sp³-hybridized carbons (Fsp3) is 0.0714. The van der Waals surface area contributed by atoms with E-state index in [1.807, 2.05) is 6.07 Å². The molecule has 0 N–H and O–H groups in total. The Morgan fingerprint density at radius 2 is 1.85 bits per heavy atom. The van der Waals surface area contributed by atoms with Gasteiger partial charge in [-0.05, 0) is 30.3 Å². The zero-order valence-electron chi connectivity index (χ0n) is 10.6. The summed E-state index contributed by atoms with van der Waals surface area (Å²) >= 11 is 0. The van der Waals surface area contributed by atoms with Crippen molar-refractivity contribution in [2.24, 2.45) is 0 Å². The van der Waals surface area contributed by atoms with Crippen molar-refractivity contribution in [3.63, 3.8) is 0 Å². The van der Waals surface area contributed by atoms with Gasteiger partial charge < -0.3 is 0 Å². The smallest absolute Gasteiger partial charge is 0.264 e. The second-order valence-corrected chi connectivity index (χ2v) is 6.03. The van der Waals surface area contributed by atoms with E-state index in [1.165, 1.54) is 49.5 Å². The Balaban J connectivity index is 2.50. The molecule has 2 aromatic rings. The van der Waals surface area contributed by atoms with E-state index in [0.717, 1.165) is 4.31 Å². The predicted molar refractivity (Wildman–Crippen MR) is 73.1 cm³/mol. The number of para-hydroxylation sites is 1. The monoisotopic (exact) mass is 290 g/mol. The highest BCUT2D eigenvalue weighted by Crippen LogP contribution is 2.24. The molecule has 2 aromatic carbocycles. The summed E-state index contributed by atoms with van der Waals surface area (Å²) in [4.78, 5) is -0.0534. The molecule has 0 fully saturated rings. The molecule has 0 saturated heterocycles. The highest BCUT2D eigenvalue weighted by Gasteiger charge is 2.23. The van der Waals surface area contributed by atoms with Gasteiger partial charge in [0.25, 0.3) is 10.0 Å². The Kier molecular flexibility index (Phi) is 3.72. The Hall–Kier alpha value is -2.39. The summed E-state index contributed by atoms with van der Waals surface area (Å²) in [5.74, 6) is -0.630. The number of rotatable bonds is 3. The highest BCUT2D eigenvalue weighted by molar-refractivity contribution is 7.92. The highest BCUT2D eigenvalue weighted by atomic mass is 32.2. The Labute approximate surface area is 116 Å². The van der Waals surface area contributed by atoms with Crippen molar-refractivity contribution in [3.05, 3.63) is 59.9 Å². The fourth-order valence-electron chi connectivity index (χ4n) is 1.72. The van der Waals surface area contributed by atoms with Gasteiger partial charge in [0.05, 0.1) is 22.2 Å². The zero-order valence-corrected chi connectivity index (χ0v) is 11.4. The molecule has 0 aliphatic carbocycles. The van der Waals surface area contributed by atoms with Crippen LogP contribution < -0.4 is 4.31 Å². The van der Waals surface area contributed by atoms with E-state index in [4.69, 9.17) is 5.26 Å². The summed E-state index contributed by atoms with van der Waals surface area (Å²) in [7, 11) is -2.63. The molecular weight excluding hydrogens is 279 g/mol. The molecule has 0 spiro atoms. The maximum atomic E-state index is 13.7. The molecule has 6 heteroatoms. The molecule has 20 heavy (non-hydrogen) atoms. The largest absolute Gasteiger partial charge is 0.266 e. The number of benzene rings is 2. The van der Waals surface area contributed by atoms with Gasteiger partial charge >= 0.3 is 0 Å². The number of nitriles is 1. The average molecular weight is 290 g/mol. The molecule has 0 heterocycles. The maximum absolute atomic E-state index is 13.7. The van der Waals surface area contributed by atoms with Gasteiger partial charge in [0.15, 0.2) is 0 Å². The first-order valence-corrected chi connectivity index (χ1v) is 7.14. The molecule has 0 aliphatic heterocycles. The molecule has 0 atom stereocenters. The van der Waals surface area contributed by atoms with E-state index in [9.17, 15) is 12.8 Å². The molecule has 4 nitrogen and oxygen atoms in total. The van der Waals surface area contributed by atoms with Crippen molar-refractivity contribution >= 4 is 15.7 Å². The topological polar surface area (TPSA) is 61.2 Å². The van der Waals surface area contributed by atoms with Crippen molar-refractivity contribution in [1.29, 1.82) is 5.26 Å². The van der Waals surface area contributed by atoms with Crippen molar-refractivity contribution in [2.45, 2.75) is 4.90 Å². The molecule has 0 aliphatic rings. The minimum Gasteiger partial charge on any atom is -0.266 e. The molecule has 0 amide bonds. The van der Waals surface area contributed by atoms with Crippen LogP contribution in [0.15, 0.2) is 53.4 Å². The number of sulfonamides is 1. The van der Waals surface area contributed by atoms with Gasteiger partial charge in [0, 0.05) is 7.05 Å². The fourth-order valence-corrected chi connectivity index (χ4v) is 2.97. The molecule has 102 valence electrons. The number of nitrogens with zero attached hydrogens (tertiary/aromatic N) is 2. The third-order valence-electron chi connectivity index (χ3n) is 2.81. The summed E-state index contributed by atoms with van der Waals surface area (Å²) in [5, 5.41) is 8.81. The van der Waals surface area contributed by atoms with Crippen LogP contribution in [-0.2, 0) is 10.0 Å². The third kappa shape index (κ3) is 2.49. The van der Waals surface area contributed by atoms with Gasteiger partial charge in [-0.2, -0.15) is 5.26 Å². The summed E-state index contributed by atoms with van der Waals surface area (Å²) in [6.45, 7) is 0. The standard InChI is InChI=1S/C14H11FN2O2S/c1-17(14-8-3-2-7-13(14)15)20(18,19)12-6-4-5-11(9-12)10-16/h2-9H,1H3. The van der Waals surface area contributed by atoms with E-state index < -0.39 is 15.8 Å². The lowest BCUT2D eigenvalue weighted by Gasteiger charge is -2.20. The van der Waals surface area contributed by atoms with E-state index in [-0.39, 0.29) is 16.1 Å². The van der Waals surface area contributed by atoms with E-state index in [2.05, 4.69) is 0 Å². The van der Waals surface area contributed by atoms with Crippen LogP contribution in [0, 0.1) is 17.1 Å². The lowest BCUT2D eigenvalue weighted by Crippen LogP contribution is -2.27. The quantitative estimate of drug-likeness (QED) is 0.872. The van der Waals surface area contributed by atoms with Gasteiger partial charge in [-0.1, -0.05) is 18.2 Å². The van der Waals surface area contributed by atoms with Gasteiger partial charge in [0.1, 0.15) is 5.82 Å². The van der Waals surface area contributed by atoms with Crippen LogP contribution in [0.5, 0.6) is 0 Å². The first kappa shape index (κ1) is 14.0. The van der Waals surface area contributed by atoms with Crippen LogP contribution in [0.2, 0.25) is 0 Å². The molecule has 0 aromatic heterocycles. The SMILES string of the molecule is CN(c1ccccc1F)S(=O)(=O)c1cccc(C#N)c1. The molecular formula is C14H11FN2O2S. The van der Waals surface area contributed by atoms with Crippen molar-refractivity contribution < 1.29 is 12.8 Å². The van der Waals surface area contributed by atoms with Gasteiger partial charge in [0.2, 0.25) is 0 Å². The van der Waals surface area contributed by atoms with Crippen molar-refractivity contribution in [2.75, 3.05) is 11.4 Å². The number of halogens is 1. The summed E-state index contributed by atoms with van der Waals surface area (Å²) in [6, 6.07) is 13.1. The lowest BCUT2D eigenvalue weighted by atomic mass is 10.2. The zero-order chi connectivity index (χ0) is 14.8. The molecule has 0 unspecified atom stereocenters. The van der Waals surface area contributed by atoms with Crippen LogP contribution >= 0.6 is 0 Å². The number of anilines is 1. The minimum atomic E-state index is -3.90. The van der Waals surface area contributed by atoms with Crippen molar-refractivity contribution in [1.82, 2.24) is 0 Å². The second kappa shape index (κ2) is 5.31. The lowest BCUT2D eigenvalue weighted by molar-refractivity contribution is 0.589. The van der Waals surface area contributed by atoms with Crippen LogP contribution in [-0.4, -0.2) is 15.5 Å². The first-order valence-electron chi connectivity index (χ1n) is 5.70. The van der Waals surface area contributed by atoms with Crippen molar-refractivity contribution in [3.8, 4) is 6.07 Å². The predicted octanol–water partition coefficient (Wildman–Crippen LogP) is 2.52. The second-order valence-electron chi connectivity index (χ2n) is 4.06. The normalized spacial score (nSPS) is 10.8. The maximum Gasteiger partial charge on any atom is 0.264 e. The molecule has 2 rings (SSSR count). The number of hydrogen-bond acceptors (Lipinski definition) is 3. The summed E-state index contributed by atoms with van der Waals surface area (Å²) < 4.78 is 39.3. The van der Waals surface area contributed by atoms with Crippen LogP contribution in [0.25, 0.3) is 0 Å². The molecule has 0 saturated carbocycles. The average Bonchev–Trinajstić information content (AvgIpc) is 2.47. The Morgan fingerprint density at radius 3 is 2.50 bits per heavy atom. The van der Waals surface area contributed by atoms with E-state index in [0.29, 0.717) is 0 Å². The molecule has 0 bridgehead atoms. The van der Waals surface area contributed by atoms with Crippen LogP contribution in [0.1, 0.15) is 5.56 Å². The Morgan fingerprint density at radius 1 is 1.15 bits per heavy atom. The van der Waals surface area contributed by atoms with Crippen LogP contribution in [0.4, 0.5) is 10.1 Å². The minimum absolute atomic E-state index is 0.0464. The first-order chi connectivity index (χ1) is 9.46. The number of hydrogen-bond donors (Lipinski definition) is 0. The van der Waals surface area contributed by atoms with Crippen LogP contribution in [0.3, 0.4) is 0 Å². The summed E-state index contributed by atoms with van der Waals surface area (Å²) in [5.41, 5.74) is 0.183.